The molecule has 0 aliphatic heterocycles. The molecule has 0 saturated heterocycles. The molecule has 1 aromatic heterocycles. The summed E-state index contributed by atoms with van der Waals surface area (Å²) in [6, 6.07) is 0. The van der Waals surface area contributed by atoms with Gasteiger partial charge >= 0.3 is 5.97 Å². The van der Waals surface area contributed by atoms with Gasteiger partial charge in [-0.05, 0) is 42.0 Å². The predicted molar refractivity (Wildman–Crippen MR) is 57.3 cm³/mol. The molecule has 4 nitrogen and oxygen atoms in total. The summed E-state index contributed by atoms with van der Waals surface area (Å²) in [7, 11) is 0. The molecule has 0 radical (unpaired) electrons. The first kappa shape index (κ1) is 10.5. The zero-order valence-corrected chi connectivity index (χ0v) is 9.64. The molecule has 0 unspecified atom stereocenters. The molecule has 0 saturated carbocycles. The van der Waals surface area contributed by atoms with Crippen molar-refractivity contribution in [3.05, 3.63) is 21.0 Å². The molecule has 1 aromatic rings. The van der Waals surface area contributed by atoms with E-state index in [9.17, 15) is 4.79 Å². The second-order valence-electron chi connectivity index (χ2n) is 2.52. The van der Waals surface area contributed by atoms with Crippen molar-refractivity contribution in [2.45, 2.75) is 13.8 Å². The van der Waals surface area contributed by atoms with Crippen LogP contribution in [0, 0.1) is 10.5 Å². The van der Waals surface area contributed by atoms with Gasteiger partial charge in [0.15, 0.2) is 0 Å². The summed E-state index contributed by atoms with van der Waals surface area (Å²) >= 11 is 2.16. The van der Waals surface area contributed by atoms with E-state index in [4.69, 9.17) is 4.84 Å². The fourth-order valence-corrected chi connectivity index (χ4v) is 1.30. The molecule has 0 aromatic carbocycles. The average molecular weight is 294 g/mol. The highest BCUT2D eigenvalue weighted by atomic mass is 127. The first-order valence-corrected chi connectivity index (χ1v) is 5.02. The van der Waals surface area contributed by atoms with E-state index in [2.05, 4.69) is 33.1 Å². The maximum atomic E-state index is 11.3. The molecule has 13 heavy (non-hydrogen) atoms. The smallest absolute Gasteiger partial charge is 0.366 e. The Bertz CT molecular complexity index is 309. The Labute approximate surface area is 90.1 Å². The Kier molecular flexibility index (Phi) is 3.73. The normalized spacial score (nSPS) is 10.1. The van der Waals surface area contributed by atoms with Crippen LogP contribution in [0.1, 0.15) is 23.0 Å². The van der Waals surface area contributed by atoms with Gasteiger partial charge in [-0.15, -0.1) is 0 Å². The van der Waals surface area contributed by atoms with E-state index >= 15 is 0 Å². The van der Waals surface area contributed by atoms with Crippen LogP contribution in [0.15, 0.2) is 6.20 Å². The fraction of sp³-hybridized carbons (Fsp3) is 0.375. The lowest BCUT2D eigenvalue weighted by Gasteiger charge is -2.01. The molecular formula is C8H11IN2O2. The van der Waals surface area contributed by atoms with E-state index in [0.29, 0.717) is 12.2 Å². The predicted octanol–water partition coefficient (Wildman–Crippen LogP) is 1.61. The summed E-state index contributed by atoms with van der Waals surface area (Å²) in [4.78, 5) is 18.9. The van der Waals surface area contributed by atoms with Crippen LogP contribution < -0.4 is 5.48 Å². The first-order chi connectivity index (χ1) is 6.16. The number of carbonyl (C=O) groups excluding carboxylic acids is 1. The van der Waals surface area contributed by atoms with Crippen LogP contribution in [0.4, 0.5) is 0 Å². The summed E-state index contributed by atoms with van der Waals surface area (Å²) in [5.41, 5.74) is 3.94. The molecule has 2 N–H and O–H groups in total. The molecule has 0 spiro atoms. The van der Waals surface area contributed by atoms with Crippen molar-refractivity contribution in [2.24, 2.45) is 0 Å². The Hall–Kier alpha value is -0.560. The van der Waals surface area contributed by atoms with Gasteiger partial charge in [-0.2, -0.15) is 5.48 Å². The molecule has 0 fully saturated rings. The molecule has 72 valence electrons. The zero-order chi connectivity index (χ0) is 9.84. The van der Waals surface area contributed by atoms with Gasteiger partial charge in [0.05, 0.1) is 0 Å². The van der Waals surface area contributed by atoms with Crippen molar-refractivity contribution in [3.8, 4) is 0 Å². The summed E-state index contributed by atoms with van der Waals surface area (Å²) in [5.74, 6) is -0.373. The van der Waals surface area contributed by atoms with Gasteiger partial charge < -0.3 is 9.82 Å². The molecule has 1 heterocycles. The number of H-pyrrole nitrogens is 1. The minimum Gasteiger partial charge on any atom is -0.366 e. The standard InChI is InChI=1S/C8H11IN2O2/c1-3-11-13-8(12)7-5(2)6(9)4-10-7/h4,10-11H,3H2,1-2H3. The van der Waals surface area contributed by atoms with E-state index in [-0.39, 0.29) is 5.97 Å². The van der Waals surface area contributed by atoms with Gasteiger partial charge in [0.25, 0.3) is 0 Å². The van der Waals surface area contributed by atoms with Crippen LogP contribution >= 0.6 is 22.6 Å². The number of rotatable bonds is 3. The van der Waals surface area contributed by atoms with Gasteiger partial charge in [0, 0.05) is 16.3 Å². The third-order valence-corrected chi connectivity index (χ3v) is 2.71. The minimum atomic E-state index is -0.373. The first-order valence-electron chi connectivity index (χ1n) is 3.94. The highest BCUT2D eigenvalue weighted by Gasteiger charge is 2.13. The van der Waals surface area contributed by atoms with Crippen LogP contribution in [0.25, 0.3) is 0 Å². The molecule has 1 rings (SSSR count). The maximum absolute atomic E-state index is 11.3. The van der Waals surface area contributed by atoms with E-state index < -0.39 is 0 Å². The monoisotopic (exact) mass is 294 g/mol. The third-order valence-electron chi connectivity index (χ3n) is 1.59. The van der Waals surface area contributed by atoms with Gasteiger partial charge in [-0.1, -0.05) is 0 Å². The molecular weight excluding hydrogens is 283 g/mol. The molecule has 0 atom stereocenters. The summed E-state index contributed by atoms with van der Waals surface area (Å²) in [6.45, 7) is 4.34. The number of hydroxylamine groups is 1. The van der Waals surface area contributed by atoms with Crippen molar-refractivity contribution in [2.75, 3.05) is 6.54 Å². The van der Waals surface area contributed by atoms with E-state index in [1.54, 1.807) is 6.20 Å². The van der Waals surface area contributed by atoms with Crippen molar-refractivity contribution in [3.63, 3.8) is 0 Å². The highest BCUT2D eigenvalue weighted by molar-refractivity contribution is 14.1. The summed E-state index contributed by atoms with van der Waals surface area (Å²) in [6.07, 6.45) is 1.78. The quantitative estimate of drug-likeness (QED) is 0.658. The Morgan fingerprint density at radius 3 is 2.92 bits per heavy atom. The van der Waals surface area contributed by atoms with Crippen molar-refractivity contribution >= 4 is 28.6 Å². The van der Waals surface area contributed by atoms with Gasteiger partial charge in [0.2, 0.25) is 0 Å². The zero-order valence-electron chi connectivity index (χ0n) is 7.48. The molecule has 0 aliphatic carbocycles. The maximum Gasteiger partial charge on any atom is 0.373 e. The number of nitrogens with one attached hydrogen (secondary N) is 2. The number of hydrogen-bond donors (Lipinski definition) is 2. The van der Waals surface area contributed by atoms with E-state index in [1.807, 2.05) is 13.8 Å². The summed E-state index contributed by atoms with van der Waals surface area (Å²) < 4.78 is 1.03. The minimum absolute atomic E-state index is 0.373. The van der Waals surface area contributed by atoms with Crippen LogP contribution in [0.3, 0.4) is 0 Å². The Morgan fingerprint density at radius 1 is 1.77 bits per heavy atom. The van der Waals surface area contributed by atoms with Crippen LogP contribution in [-0.4, -0.2) is 17.5 Å². The highest BCUT2D eigenvalue weighted by Crippen LogP contribution is 2.15. The molecule has 0 aliphatic rings. The lowest BCUT2D eigenvalue weighted by atomic mass is 10.3. The number of aromatic amines is 1. The van der Waals surface area contributed by atoms with Crippen molar-refractivity contribution < 1.29 is 9.63 Å². The fourth-order valence-electron chi connectivity index (χ4n) is 0.872. The van der Waals surface area contributed by atoms with Crippen LogP contribution in [0.2, 0.25) is 0 Å². The second-order valence-corrected chi connectivity index (χ2v) is 3.69. The van der Waals surface area contributed by atoms with Crippen LogP contribution in [0.5, 0.6) is 0 Å². The molecule has 5 heteroatoms. The van der Waals surface area contributed by atoms with E-state index in [1.165, 1.54) is 0 Å². The van der Waals surface area contributed by atoms with Crippen molar-refractivity contribution in [1.29, 1.82) is 0 Å². The second kappa shape index (κ2) is 4.61. The number of halogens is 1. The number of aromatic nitrogens is 1. The van der Waals surface area contributed by atoms with E-state index in [0.717, 1.165) is 9.13 Å². The number of hydrogen-bond acceptors (Lipinski definition) is 3. The third kappa shape index (κ3) is 2.44. The topological polar surface area (TPSA) is 54.1 Å². The molecule has 0 bridgehead atoms. The largest absolute Gasteiger partial charge is 0.373 e. The van der Waals surface area contributed by atoms with Gasteiger partial charge in [-0.3, -0.25) is 0 Å². The summed E-state index contributed by atoms with van der Waals surface area (Å²) in [5, 5.41) is 0. The van der Waals surface area contributed by atoms with Gasteiger partial charge in [0.1, 0.15) is 5.69 Å². The average Bonchev–Trinajstić information content (AvgIpc) is 2.44. The van der Waals surface area contributed by atoms with Crippen LogP contribution in [-0.2, 0) is 4.84 Å². The SMILES string of the molecule is CCNOC(=O)c1[nH]cc(I)c1C. The number of carbonyl (C=O) groups is 1. The molecule has 0 amide bonds. The lowest BCUT2D eigenvalue weighted by Crippen LogP contribution is -2.20. The van der Waals surface area contributed by atoms with Crippen molar-refractivity contribution in [1.82, 2.24) is 10.5 Å². The Balaban J connectivity index is 2.71. The Morgan fingerprint density at radius 2 is 2.46 bits per heavy atom. The lowest BCUT2D eigenvalue weighted by molar-refractivity contribution is 0.0258. The van der Waals surface area contributed by atoms with Gasteiger partial charge in [-0.25, -0.2) is 4.79 Å².